The highest BCUT2D eigenvalue weighted by Gasteiger charge is 2.08. The van der Waals surface area contributed by atoms with Crippen LogP contribution in [-0.2, 0) is 0 Å². The van der Waals surface area contributed by atoms with Crippen molar-refractivity contribution in [3.05, 3.63) is 62.5 Å². The van der Waals surface area contributed by atoms with Gasteiger partial charge in [-0.05, 0) is 36.4 Å². The number of nitrogens with one attached hydrogen (secondary N) is 2. The van der Waals surface area contributed by atoms with E-state index in [0.29, 0.717) is 21.3 Å². The molecule has 0 bridgehead atoms. The van der Waals surface area contributed by atoms with Gasteiger partial charge in [-0.15, -0.1) is 0 Å². The highest BCUT2D eigenvalue weighted by Crippen LogP contribution is 2.29. The summed E-state index contributed by atoms with van der Waals surface area (Å²) in [6.45, 7) is 0. The number of hydrazine groups is 1. The van der Waals surface area contributed by atoms with Gasteiger partial charge in [0.15, 0.2) is 0 Å². The van der Waals surface area contributed by atoms with E-state index in [1.54, 1.807) is 42.5 Å². The number of carbonyl (C=O) groups is 1. The van der Waals surface area contributed by atoms with E-state index in [4.69, 9.17) is 23.2 Å². The molecule has 1 amide bonds. The Morgan fingerprint density at radius 3 is 2.16 bits per heavy atom. The molecule has 0 saturated heterocycles. The maximum atomic E-state index is 11.9. The lowest BCUT2D eigenvalue weighted by Gasteiger charge is -2.11. The van der Waals surface area contributed by atoms with Crippen molar-refractivity contribution >= 4 is 50.7 Å². The SMILES string of the molecule is O=C(NNc1c(Cl)cccc1Cl)c1ccc(Br)cc1. The molecule has 0 atom stereocenters. The molecule has 0 radical (unpaired) electrons. The second-order valence-electron chi connectivity index (χ2n) is 3.68. The van der Waals surface area contributed by atoms with E-state index in [2.05, 4.69) is 26.8 Å². The molecule has 0 aliphatic rings. The topological polar surface area (TPSA) is 41.1 Å². The molecule has 2 aromatic carbocycles. The standard InChI is InChI=1S/C13H9BrCl2N2O/c14-9-6-4-8(5-7-9)13(19)18-17-12-10(15)2-1-3-11(12)16/h1-7,17H,(H,18,19). The van der Waals surface area contributed by atoms with Crippen LogP contribution in [0.2, 0.25) is 10.0 Å². The Bertz CT molecular complexity index is 582. The highest BCUT2D eigenvalue weighted by molar-refractivity contribution is 9.10. The predicted octanol–water partition coefficient (Wildman–Crippen LogP) is 4.51. The molecule has 3 nitrogen and oxygen atoms in total. The number of para-hydroxylation sites is 1. The molecule has 2 N–H and O–H groups in total. The summed E-state index contributed by atoms with van der Waals surface area (Å²) in [5, 5.41) is 0.868. The molecule has 98 valence electrons. The summed E-state index contributed by atoms with van der Waals surface area (Å²) in [4.78, 5) is 11.9. The quantitative estimate of drug-likeness (QED) is 0.791. The maximum absolute atomic E-state index is 11.9. The molecule has 0 saturated carbocycles. The minimum Gasteiger partial charge on any atom is -0.295 e. The third kappa shape index (κ3) is 3.62. The average molecular weight is 360 g/mol. The zero-order chi connectivity index (χ0) is 13.8. The van der Waals surface area contributed by atoms with Crippen LogP contribution in [-0.4, -0.2) is 5.91 Å². The molecule has 0 heterocycles. The monoisotopic (exact) mass is 358 g/mol. The van der Waals surface area contributed by atoms with Crippen LogP contribution in [0.25, 0.3) is 0 Å². The lowest BCUT2D eigenvalue weighted by Crippen LogP contribution is -2.29. The van der Waals surface area contributed by atoms with Gasteiger partial charge in [0.1, 0.15) is 0 Å². The maximum Gasteiger partial charge on any atom is 0.269 e. The Labute approximate surface area is 129 Å². The normalized spacial score (nSPS) is 10.1. The first-order valence-corrected chi connectivity index (χ1v) is 6.89. The first-order chi connectivity index (χ1) is 9.08. The van der Waals surface area contributed by atoms with Gasteiger partial charge in [0.2, 0.25) is 0 Å². The summed E-state index contributed by atoms with van der Waals surface area (Å²) in [5.41, 5.74) is 6.26. The summed E-state index contributed by atoms with van der Waals surface area (Å²) in [6, 6.07) is 12.1. The number of hydrogen-bond acceptors (Lipinski definition) is 2. The van der Waals surface area contributed by atoms with Crippen molar-refractivity contribution in [2.24, 2.45) is 0 Å². The Morgan fingerprint density at radius 2 is 1.58 bits per heavy atom. The Kier molecular flexibility index (Phi) is 4.69. The second kappa shape index (κ2) is 6.28. The first-order valence-electron chi connectivity index (χ1n) is 5.34. The number of amides is 1. The third-order valence-corrected chi connectivity index (χ3v) is 3.53. The van der Waals surface area contributed by atoms with Crippen molar-refractivity contribution < 1.29 is 4.79 Å². The van der Waals surface area contributed by atoms with Gasteiger partial charge in [-0.2, -0.15) is 0 Å². The van der Waals surface area contributed by atoms with Crippen LogP contribution in [0.3, 0.4) is 0 Å². The van der Waals surface area contributed by atoms with Crippen LogP contribution in [0.4, 0.5) is 5.69 Å². The fourth-order valence-electron chi connectivity index (χ4n) is 1.41. The van der Waals surface area contributed by atoms with Crippen LogP contribution in [0.1, 0.15) is 10.4 Å². The van der Waals surface area contributed by atoms with Crippen molar-refractivity contribution in [3.63, 3.8) is 0 Å². The third-order valence-electron chi connectivity index (χ3n) is 2.37. The number of anilines is 1. The zero-order valence-corrected chi connectivity index (χ0v) is 12.7. The zero-order valence-electron chi connectivity index (χ0n) is 9.58. The molecule has 0 unspecified atom stereocenters. The van der Waals surface area contributed by atoms with Crippen LogP contribution < -0.4 is 10.9 Å². The Balaban J connectivity index is 2.06. The van der Waals surface area contributed by atoms with E-state index < -0.39 is 0 Å². The minimum atomic E-state index is -0.275. The molecular weight excluding hydrogens is 351 g/mol. The van der Waals surface area contributed by atoms with E-state index in [9.17, 15) is 4.79 Å². The molecule has 0 aliphatic heterocycles. The highest BCUT2D eigenvalue weighted by atomic mass is 79.9. The van der Waals surface area contributed by atoms with Crippen molar-refractivity contribution in [3.8, 4) is 0 Å². The fourth-order valence-corrected chi connectivity index (χ4v) is 2.17. The van der Waals surface area contributed by atoms with E-state index in [-0.39, 0.29) is 5.91 Å². The predicted molar refractivity (Wildman–Crippen MR) is 81.7 cm³/mol. The van der Waals surface area contributed by atoms with E-state index in [1.807, 2.05) is 0 Å². The fraction of sp³-hybridized carbons (Fsp3) is 0. The van der Waals surface area contributed by atoms with Gasteiger partial charge in [0, 0.05) is 10.0 Å². The summed E-state index contributed by atoms with van der Waals surface area (Å²) in [7, 11) is 0. The van der Waals surface area contributed by atoms with E-state index in [0.717, 1.165) is 4.47 Å². The smallest absolute Gasteiger partial charge is 0.269 e. The molecule has 19 heavy (non-hydrogen) atoms. The second-order valence-corrected chi connectivity index (χ2v) is 5.41. The molecule has 0 aliphatic carbocycles. The summed E-state index contributed by atoms with van der Waals surface area (Å²) in [5.74, 6) is -0.275. The van der Waals surface area contributed by atoms with Crippen molar-refractivity contribution in [2.75, 3.05) is 5.43 Å². The summed E-state index contributed by atoms with van der Waals surface area (Å²) < 4.78 is 0.908. The van der Waals surface area contributed by atoms with E-state index >= 15 is 0 Å². The average Bonchev–Trinajstić information content (AvgIpc) is 2.38. The molecular formula is C13H9BrCl2N2O. The van der Waals surface area contributed by atoms with Crippen molar-refractivity contribution in [1.29, 1.82) is 0 Å². The minimum absolute atomic E-state index is 0.275. The van der Waals surface area contributed by atoms with Crippen LogP contribution in [0.5, 0.6) is 0 Å². The van der Waals surface area contributed by atoms with Gasteiger partial charge in [0.05, 0.1) is 15.7 Å². The number of benzene rings is 2. The molecule has 0 aromatic heterocycles. The van der Waals surface area contributed by atoms with Gasteiger partial charge in [-0.3, -0.25) is 15.6 Å². The van der Waals surface area contributed by atoms with Gasteiger partial charge in [-0.25, -0.2) is 0 Å². The molecule has 6 heteroatoms. The number of carbonyl (C=O) groups excluding carboxylic acids is 1. The van der Waals surface area contributed by atoms with Crippen LogP contribution >= 0.6 is 39.1 Å². The number of halogens is 3. The molecule has 0 spiro atoms. The van der Waals surface area contributed by atoms with Crippen LogP contribution in [0.15, 0.2) is 46.9 Å². The largest absolute Gasteiger partial charge is 0.295 e. The van der Waals surface area contributed by atoms with E-state index in [1.165, 1.54) is 0 Å². The van der Waals surface area contributed by atoms with Gasteiger partial charge in [0.25, 0.3) is 5.91 Å². The Hall–Kier alpha value is -1.23. The molecule has 2 rings (SSSR count). The Morgan fingerprint density at radius 1 is 1.00 bits per heavy atom. The van der Waals surface area contributed by atoms with Crippen molar-refractivity contribution in [2.45, 2.75) is 0 Å². The summed E-state index contributed by atoms with van der Waals surface area (Å²) in [6.07, 6.45) is 0. The lowest BCUT2D eigenvalue weighted by atomic mass is 10.2. The molecule has 0 fully saturated rings. The van der Waals surface area contributed by atoms with Crippen LogP contribution in [0, 0.1) is 0 Å². The molecule has 2 aromatic rings. The van der Waals surface area contributed by atoms with Crippen molar-refractivity contribution in [1.82, 2.24) is 5.43 Å². The van der Waals surface area contributed by atoms with Gasteiger partial charge in [-0.1, -0.05) is 45.2 Å². The lowest BCUT2D eigenvalue weighted by molar-refractivity contribution is 0.0962. The number of rotatable bonds is 3. The summed E-state index contributed by atoms with van der Waals surface area (Å²) >= 11 is 15.3. The number of hydrogen-bond donors (Lipinski definition) is 2. The first kappa shape index (κ1) is 14.2. The van der Waals surface area contributed by atoms with Gasteiger partial charge >= 0.3 is 0 Å². The van der Waals surface area contributed by atoms with Gasteiger partial charge < -0.3 is 0 Å².